The highest BCUT2D eigenvalue weighted by Crippen LogP contribution is 2.18. The van der Waals surface area contributed by atoms with E-state index < -0.39 is 11.6 Å². The molecule has 0 radical (unpaired) electrons. The van der Waals surface area contributed by atoms with E-state index >= 15 is 0 Å². The van der Waals surface area contributed by atoms with Crippen molar-refractivity contribution in [3.63, 3.8) is 0 Å². The van der Waals surface area contributed by atoms with Crippen molar-refractivity contribution >= 4 is 0 Å². The molecule has 1 unspecified atom stereocenters. The maximum absolute atomic E-state index is 13.5. The van der Waals surface area contributed by atoms with Gasteiger partial charge < -0.3 is 5.32 Å². The lowest BCUT2D eigenvalue weighted by molar-refractivity contribution is 0.515. The van der Waals surface area contributed by atoms with Gasteiger partial charge in [0.25, 0.3) is 0 Å². The van der Waals surface area contributed by atoms with Crippen LogP contribution in [0.1, 0.15) is 24.2 Å². The van der Waals surface area contributed by atoms with Gasteiger partial charge in [-0.05, 0) is 37.3 Å². The van der Waals surface area contributed by atoms with Gasteiger partial charge in [-0.25, -0.2) is 8.78 Å². The molecule has 1 atom stereocenters. The molecule has 2 nitrogen and oxygen atoms in total. The number of nitrogens with zero attached hydrogens (tertiary/aromatic N) is 1. The first-order valence-corrected chi connectivity index (χ1v) is 5.75. The minimum Gasteiger partial charge on any atom is -0.304 e. The molecule has 4 heteroatoms. The van der Waals surface area contributed by atoms with Gasteiger partial charge in [0.1, 0.15) is 11.6 Å². The van der Waals surface area contributed by atoms with Gasteiger partial charge in [0, 0.05) is 24.3 Å². The summed E-state index contributed by atoms with van der Waals surface area (Å²) in [4.78, 5) is 4.15. The molecule has 2 aromatic rings. The van der Waals surface area contributed by atoms with Gasteiger partial charge in [0.15, 0.2) is 0 Å². The molecule has 0 fully saturated rings. The summed E-state index contributed by atoms with van der Waals surface area (Å²) in [5.74, 6) is -0.838. The summed E-state index contributed by atoms with van der Waals surface area (Å²) in [6, 6.07) is 8.79. The topological polar surface area (TPSA) is 24.9 Å². The third kappa shape index (κ3) is 3.11. The van der Waals surface area contributed by atoms with Crippen molar-refractivity contribution in [2.45, 2.75) is 19.5 Å². The summed E-state index contributed by atoms with van der Waals surface area (Å²) in [7, 11) is 0. The molecule has 0 saturated heterocycles. The van der Waals surface area contributed by atoms with Crippen LogP contribution in [-0.2, 0) is 6.54 Å². The van der Waals surface area contributed by atoms with Gasteiger partial charge >= 0.3 is 0 Å². The van der Waals surface area contributed by atoms with E-state index in [2.05, 4.69) is 10.3 Å². The lowest BCUT2D eigenvalue weighted by atomic mass is 10.1. The molecule has 0 bridgehead atoms. The summed E-state index contributed by atoms with van der Waals surface area (Å²) in [6.45, 7) is 2.30. The van der Waals surface area contributed by atoms with Crippen LogP contribution in [0.3, 0.4) is 0 Å². The Bertz CT molecular complexity index is 514. The van der Waals surface area contributed by atoms with Crippen molar-refractivity contribution < 1.29 is 8.78 Å². The monoisotopic (exact) mass is 248 g/mol. The van der Waals surface area contributed by atoms with Crippen molar-refractivity contribution in [1.29, 1.82) is 0 Å². The maximum Gasteiger partial charge on any atom is 0.128 e. The molecule has 0 aliphatic rings. The molecule has 1 heterocycles. The molecule has 1 aromatic carbocycles. The Morgan fingerprint density at radius 3 is 2.78 bits per heavy atom. The van der Waals surface area contributed by atoms with E-state index in [0.29, 0.717) is 12.1 Å². The normalized spacial score (nSPS) is 12.4. The molecule has 0 amide bonds. The molecule has 0 aliphatic carbocycles. The lowest BCUT2D eigenvalue weighted by Gasteiger charge is -2.14. The fraction of sp³-hybridized carbons (Fsp3) is 0.214. The quantitative estimate of drug-likeness (QED) is 0.898. The Morgan fingerprint density at radius 1 is 1.22 bits per heavy atom. The minimum absolute atomic E-state index is 0.275. The van der Waals surface area contributed by atoms with Crippen LogP contribution in [0.15, 0.2) is 42.6 Å². The van der Waals surface area contributed by atoms with Crippen LogP contribution in [0, 0.1) is 11.6 Å². The van der Waals surface area contributed by atoms with E-state index in [9.17, 15) is 8.78 Å². The van der Waals surface area contributed by atoms with E-state index in [1.165, 1.54) is 6.07 Å². The van der Waals surface area contributed by atoms with Crippen LogP contribution in [-0.4, -0.2) is 4.98 Å². The molecule has 1 N–H and O–H groups in total. The van der Waals surface area contributed by atoms with Crippen molar-refractivity contribution in [2.75, 3.05) is 0 Å². The maximum atomic E-state index is 13.5. The van der Waals surface area contributed by atoms with Gasteiger partial charge in [0.05, 0.1) is 5.69 Å². The predicted molar refractivity (Wildman–Crippen MR) is 65.8 cm³/mol. The van der Waals surface area contributed by atoms with Crippen LogP contribution in [0.25, 0.3) is 0 Å². The number of hydrogen-bond acceptors (Lipinski definition) is 2. The zero-order chi connectivity index (χ0) is 13.0. The molecular formula is C14H14F2N2. The van der Waals surface area contributed by atoms with Gasteiger partial charge in [-0.2, -0.15) is 0 Å². The number of pyridine rings is 1. The van der Waals surface area contributed by atoms with E-state index in [1.807, 2.05) is 18.2 Å². The van der Waals surface area contributed by atoms with Gasteiger partial charge in [-0.3, -0.25) is 4.98 Å². The molecule has 0 spiro atoms. The highest BCUT2D eigenvalue weighted by atomic mass is 19.1. The van der Waals surface area contributed by atoms with Gasteiger partial charge in [-0.15, -0.1) is 0 Å². The summed E-state index contributed by atoms with van der Waals surface area (Å²) >= 11 is 0. The molecule has 0 aliphatic heterocycles. The highest BCUT2D eigenvalue weighted by Gasteiger charge is 2.11. The minimum atomic E-state index is -0.433. The van der Waals surface area contributed by atoms with Crippen molar-refractivity contribution in [3.05, 3.63) is 65.5 Å². The lowest BCUT2D eigenvalue weighted by Crippen LogP contribution is -2.19. The van der Waals surface area contributed by atoms with Gasteiger partial charge in [-0.1, -0.05) is 6.07 Å². The van der Waals surface area contributed by atoms with E-state index in [1.54, 1.807) is 13.1 Å². The summed E-state index contributed by atoms with van der Waals surface area (Å²) in [5.41, 5.74) is 1.19. The van der Waals surface area contributed by atoms with E-state index in [0.717, 1.165) is 17.8 Å². The van der Waals surface area contributed by atoms with Crippen LogP contribution < -0.4 is 5.32 Å². The summed E-state index contributed by atoms with van der Waals surface area (Å²) < 4.78 is 26.6. The molecule has 94 valence electrons. The number of aromatic nitrogens is 1. The first-order valence-electron chi connectivity index (χ1n) is 5.75. The number of halogens is 2. The first-order chi connectivity index (χ1) is 8.66. The fourth-order valence-corrected chi connectivity index (χ4v) is 1.72. The SMILES string of the molecule is CC(NCc1ccccn1)c1cc(F)ccc1F. The largest absolute Gasteiger partial charge is 0.304 e. The zero-order valence-electron chi connectivity index (χ0n) is 10.0. The Kier molecular flexibility index (Phi) is 3.99. The summed E-state index contributed by atoms with van der Waals surface area (Å²) in [5, 5.41) is 3.11. The standard InChI is InChI=1S/C14H14F2N2/c1-10(13-8-11(15)5-6-14(13)16)18-9-12-4-2-3-7-17-12/h2-8,10,18H,9H2,1H3. The molecule has 0 saturated carbocycles. The number of hydrogen-bond donors (Lipinski definition) is 1. The molecule has 2 rings (SSSR count). The van der Waals surface area contributed by atoms with Crippen molar-refractivity contribution in [3.8, 4) is 0 Å². The molecule has 18 heavy (non-hydrogen) atoms. The predicted octanol–water partition coefficient (Wildman–Crippen LogP) is 3.21. The van der Waals surface area contributed by atoms with E-state index in [-0.39, 0.29) is 6.04 Å². The molecular weight excluding hydrogens is 234 g/mol. The Hall–Kier alpha value is -1.81. The second-order valence-corrected chi connectivity index (χ2v) is 4.09. The smallest absolute Gasteiger partial charge is 0.128 e. The molecule has 1 aromatic heterocycles. The van der Waals surface area contributed by atoms with E-state index in [4.69, 9.17) is 0 Å². The summed E-state index contributed by atoms with van der Waals surface area (Å²) in [6.07, 6.45) is 1.70. The third-order valence-electron chi connectivity index (χ3n) is 2.74. The Morgan fingerprint density at radius 2 is 2.06 bits per heavy atom. The second kappa shape index (κ2) is 5.69. The van der Waals surface area contributed by atoms with Crippen molar-refractivity contribution in [1.82, 2.24) is 10.3 Å². The zero-order valence-corrected chi connectivity index (χ0v) is 10.0. The average molecular weight is 248 g/mol. The number of benzene rings is 1. The number of nitrogens with one attached hydrogen (secondary N) is 1. The average Bonchev–Trinajstić information content (AvgIpc) is 2.40. The van der Waals surface area contributed by atoms with Crippen LogP contribution >= 0.6 is 0 Å². The Balaban J connectivity index is 2.03. The first kappa shape index (κ1) is 12.6. The van der Waals surface area contributed by atoms with Gasteiger partial charge in [0.2, 0.25) is 0 Å². The fourth-order valence-electron chi connectivity index (χ4n) is 1.72. The second-order valence-electron chi connectivity index (χ2n) is 4.09. The number of rotatable bonds is 4. The third-order valence-corrected chi connectivity index (χ3v) is 2.74. The van der Waals surface area contributed by atoms with Crippen LogP contribution in [0.5, 0.6) is 0 Å². The van der Waals surface area contributed by atoms with Crippen LogP contribution in [0.4, 0.5) is 8.78 Å². The Labute approximate surface area is 105 Å². The van der Waals surface area contributed by atoms with Crippen LogP contribution in [0.2, 0.25) is 0 Å². The van der Waals surface area contributed by atoms with Crippen molar-refractivity contribution in [2.24, 2.45) is 0 Å². The highest BCUT2D eigenvalue weighted by molar-refractivity contribution is 5.22.